The second-order valence-corrected chi connectivity index (χ2v) is 4.70. The molecule has 21 heavy (non-hydrogen) atoms. The van der Waals surface area contributed by atoms with E-state index in [0.717, 1.165) is 11.3 Å². The SMILES string of the molecule is CCn1nc(C)c(N)c1C(=O)NCc1cccc(OC)c1. The van der Waals surface area contributed by atoms with Crippen LogP contribution in [0.5, 0.6) is 5.75 Å². The Hall–Kier alpha value is -2.50. The van der Waals surface area contributed by atoms with E-state index in [9.17, 15) is 4.79 Å². The van der Waals surface area contributed by atoms with Gasteiger partial charge in [-0.15, -0.1) is 0 Å². The molecular weight excluding hydrogens is 268 g/mol. The lowest BCUT2D eigenvalue weighted by Crippen LogP contribution is -2.26. The Morgan fingerprint density at radius 2 is 2.24 bits per heavy atom. The van der Waals surface area contributed by atoms with E-state index in [1.807, 2.05) is 31.2 Å². The Balaban J connectivity index is 2.11. The molecule has 0 fully saturated rings. The third-order valence-electron chi connectivity index (χ3n) is 3.28. The van der Waals surface area contributed by atoms with Crippen molar-refractivity contribution in [3.05, 3.63) is 41.2 Å². The maximum Gasteiger partial charge on any atom is 0.271 e. The molecule has 6 heteroatoms. The predicted molar refractivity (Wildman–Crippen MR) is 81.2 cm³/mol. The zero-order chi connectivity index (χ0) is 15.4. The molecule has 0 unspecified atom stereocenters. The molecule has 1 aromatic heterocycles. The van der Waals surface area contributed by atoms with Crippen molar-refractivity contribution in [2.24, 2.45) is 0 Å². The van der Waals surface area contributed by atoms with Gasteiger partial charge in [-0.3, -0.25) is 9.48 Å². The lowest BCUT2D eigenvalue weighted by Gasteiger charge is -2.08. The number of hydrogen-bond acceptors (Lipinski definition) is 4. The summed E-state index contributed by atoms with van der Waals surface area (Å²) in [4.78, 5) is 12.3. The fourth-order valence-electron chi connectivity index (χ4n) is 2.11. The number of methoxy groups -OCH3 is 1. The predicted octanol–water partition coefficient (Wildman–Crippen LogP) is 1.73. The molecule has 112 valence electrons. The highest BCUT2D eigenvalue weighted by Gasteiger charge is 2.18. The van der Waals surface area contributed by atoms with Gasteiger partial charge in [0.2, 0.25) is 0 Å². The van der Waals surface area contributed by atoms with Gasteiger partial charge in [0, 0.05) is 13.1 Å². The van der Waals surface area contributed by atoms with E-state index in [1.54, 1.807) is 18.7 Å². The van der Waals surface area contributed by atoms with Crippen molar-refractivity contribution in [1.82, 2.24) is 15.1 Å². The average Bonchev–Trinajstić information content (AvgIpc) is 2.80. The molecule has 0 spiro atoms. The number of anilines is 1. The zero-order valence-electron chi connectivity index (χ0n) is 12.5. The van der Waals surface area contributed by atoms with Gasteiger partial charge in [0.1, 0.15) is 11.4 Å². The van der Waals surface area contributed by atoms with Gasteiger partial charge in [-0.05, 0) is 31.5 Å². The minimum Gasteiger partial charge on any atom is -0.497 e. The van der Waals surface area contributed by atoms with Crippen LogP contribution in [-0.2, 0) is 13.1 Å². The Morgan fingerprint density at radius 1 is 1.48 bits per heavy atom. The standard InChI is InChI=1S/C15H20N4O2/c1-4-19-14(13(16)10(2)18-19)15(20)17-9-11-6-5-7-12(8-11)21-3/h5-8H,4,9,16H2,1-3H3,(H,17,20). The van der Waals surface area contributed by atoms with Gasteiger partial charge in [0.15, 0.2) is 0 Å². The van der Waals surface area contributed by atoms with E-state index in [1.165, 1.54) is 0 Å². The molecule has 1 heterocycles. The Morgan fingerprint density at radius 3 is 2.90 bits per heavy atom. The van der Waals surface area contributed by atoms with Crippen LogP contribution in [0.4, 0.5) is 5.69 Å². The molecule has 6 nitrogen and oxygen atoms in total. The van der Waals surface area contributed by atoms with Crippen LogP contribution in [0.3, 0.4) is 0 Å². The first kappa shape index (κ1) is 14.9. The van der Waals surface area contributed by atoms with E-state index >= 15 is 0 Å². The highest BCUT2D eigenvalue weighted by molar-refractivity contribution is 5.97. The molecule has 2 rings (SSSR count). The number of nitrogen functional groups attached to an aromatic ring is 1. The van der Waals surface area contributed by atoms with Crippen molar-refractivity contribution in [2.45, 2.75) is 26.9 Å². The van der Waals surface area contributed by atoms with E-state index in [2.05, 4.69) is 10.4 Å². The molecule has 2 aromatic rings. The van der Waals surface area contributed by atoms with Crippen LogP contribution in [0.15, 0.2) is 24.3 Å². The summed E-state index contributed by atoms with van der Waals surface area (Å²) in [7, 11) is 1.61. The number of hydrogen-bond donors (Lipinski definition) is 2. The fourth-order valence-corrected chi connectivity index (χ4v) is 2.11. The third kappa shape index (κ3) is 3.16. The van der Waals surface area contributed by atoms with Crippen LogP contribution in [0, 0.1) is 6.92 Å². The van der Waals surface area contributed by atoms with Gasteiger partial charge in [0.25, 0.3) is 5.91 Å². The van der Waals surface area contributed by atoms with Crippen LogP contribution >= 0.6 is 0 Å². The van der Waals surface area contributed by atoms with E-state index in [0.29, 0.717) is 30.2 Å². The Bertz CT molecular complexity index is 649. The molecule has 0 aliphatic rings. The number of nitrogens with zero attached hydrogens (tertiary/aromatic N) is 2. The molecular formula is C15H20N4O2. The van der Waals surface area contributed by atoms with Crippen LogP contribution in [0.1, 0.15) is 28.7 Å². The molecule has 0 bridgehead atoms. The van der Waals surface area contributed by atoms with E-state index in [-0.39, 0.29) is 5.91 Å². The number of ether oxygens (including phenoxy) is 1. The number of carbonyl (C=O) groups is 1. The summed E-state index contributed by atoms with van der Waals surface area (Å²) in [6, 6.07) is 7.55. The van der Waals surface area contributed by atoms with Crippen LogP contribution in [-0.4, -0.2) is 22.8 Å². The first-order valence-electron chi connectivity index (χ1n) is 6.80. The number of nitrogens with one attached hydrogen (secondary N) is 1. The quantitative estimate of drug-likeness (QED) is 0.878. The third-order valence-corrected chi connectivity index (χ3v) is 3.28. The number of benzene rings is 1. The van der Waals surface area contributed by atoms with Gasteiger partial charge in [-0.1, -0.05) is 12.1 Å². The Kier molecular flexibility index (Phi) is 4.47. The maximum atomic E-state index is 12.3. The highest BCUT2D eigenvalue weighted by Crippen LogP contribution is 2.17. The van der Waals surface area contributed by atoms with Crippen molar-refractivity contribution in [3.8, 4) is 5.75 Å². The van der Waals surface area contributed by atoms with Gasteiger partial charge < -0.3 is 15.8 Å². The Labute approximate surface area is 123 Å². The molecule has 0 aliphatic carbocycles. The monoisotopic (exact) mass is 288 g/mol. The second-order valence-electron chi connectivity index (χ2n) is 4.70. The van der Waals surface area contributed by atoms with E-state index in [4.69, 9.17) is 10.5 Å². The van der Waals surface area contributed by atoms with Gasteiger partial charge >= 0.3 is 0 Å². The molecule has 0 saturated carbocycles. The van der Waals surface area contributed by atoms with Crippen LogP contribution in [0.2, 0.25) is 0 Å². The first-order valence-corrected chi connectivity index (χ1v) is 6.80. The van der Waals surface area contributed by atoms with Crippen LogP contribution < -0.4 is 15.8 Å². The fraction of sp³-hybridized carbons (Fsp3) is 0.333. The van der Waals surface area contributed by atoms with Crippen molar-refractivity contribution < 1.29 is 9.53 Å². The van der Waals surface area contributed by atoms with Crippen molar-refractivity contribution in [1.29, 1.82) is 0 Å². The topological polar surface area (TPSA) is 82.2 Å². The molecule has 0 radical (unpaired) electrons. The van der Waals surface area contributed by atoms with Gasteiger partial charge in [-0.2, -0.15) is 5.10 Å². The second kappa shape index (κ2) is 6.30. The first-order chi connectivity index (χ1) is 10.1. The van der Waals surface area contributed by atoms with Crippen molar-refractivity contribution >= 4 is 11.6 Å². The number of nitrogens with two attached hydrogens (primary N) is 1. The summed E-state index contributed by atoms with van der Waals surface area (Å²) in [5.74, 6) is 0.536. The maximum absolute atomic E-state index is 12.3. The van der Waals surface area contributed by atoms with E-state index < -0.39 is 0 Å². The van der Waals surface area contributed by atoms with Crippen molar-refractivity contribution in [3.63, 3.8) is 0 Å². The minimum absolute atomic E-state index is 0.224. The average molecular weight is 288 g/mol. The molecule has 0 aliphatic heterocycles. The molecule has 3 N–H and O–H groups in total. The summed E-state index contributed by atoms with van der Waals surface area (Å²) in [5, 5.41) is 7.10. The van der Waals surface area contributed by atoms with Gasteiger partial charge in [0.05, 0.1) is 18.5 Å². The number of aromatic nitrogens is 2. The largest absolute Gasteiger partial charge is 0.497 e. The lowest BCUT2D eigenvalue weighted by molar-refractivity contribution is 0.0941. The summed E-state index contributed by atoms with van der Waals surface area (Å²) in [6.07, 6.45) is 0. The zero-order valence-corrected chi connectivity index (χ0v) is 12.5. The number of carbonyl (C=O) groups excluding carboxylic acids is 1. The minimum atomic E-state index is -0.224. The smallest absolute Gasteiger partial charge is 0.271 e. The summed E-state index contributed by atoms with van der Waals surface area (Å²) in [6.45, 7) is 4.72. The molecule has 1 amide bonds. The number of rotatable bonds is 5. The summed E-state index contributed by atoms with van der Waals surface area (Å²) < 4.78 is 6.78. The van der Waals surface area contributed by atoms with Gasteiger partial charge in [-0.25, -0.2) is 0 Å². The molecule has 0 atom stereocenters. The van der Waals surface area contributed by atoms with Crippen molar-refractivity contribution in [2.75, 3.05) is 12.8 Å². The normalized spacial score (nSPS) is 10.4. The lowest BCUT2D eigenvalue weighted by atomic mass is 10.2. The number of aryl methyl sites for hydroxylation is 2. The number of amides is 1. The molecule has 0 saturated heterocycles. The summed E-state index contributed by atoms with van der Waals surface area (Å²) >= 11 is 0. The highest BCUT2D eigenvalue weighted by atomic mass is 16.5. The summed E-state index contributed by atoms with van der Waals surface area (Å²) in [5.41, 5.74) is 8.40. The van der Waals surface area contributed by atoms with Crippen LogP contribution in [0.25, 0.3) is 0 Å². The molecule has 1 aromatic carbocycles.